The summed E-state index contributed by atoms with van der Waals surface area (Å²) in [7, 11) is 1.93. The third-order valence-electron chi connectivity index (χ3n) is 3.19. The zero-order valence-corrected chi connectivity index (χ0v) is 10.1. The van der Waals surface area contributed by atoms with Crippen LogP contribution < -0.4 is 0 Å². The van der Waals surface area contributed by atoms with Gasteiger partial charge >= 0.3 is 0 Å². The number of hydrogen-bond acceptors (Lipinski definition) is 1. The van der Waals surface area contributed by atoms with Crippen molar-refractivity contribution in [3.63, 3.8) is 0 Å². The maximum Gasteiger partial charge on any atom is 0.225 e. The van der Waals surface area contributed by atoms with Gasteiger partial charge in [-0.1, -0.05) is 25.5 Å². The van der Waals surface area contributed by atoms with Crippen LogP contribution in [0.25, 0.3) is 0 Å². The van der Waals surface area contributed by atoms with Crippen molar-refractivity contribution in [2.45, 2.75) is 45.4 Å². The number of rotatable bonds is 4. The molecule has 1 atom stereocenters. The Labute approximate surface area is 93.3 Å². The van der Waals surface area contributed by atoms with Crippen LogP contribution in [0.4, 0.5) is 0 Å². The van der Waals surface area contributed by atoms with Crippen LogP contribution in [0.15, 0.2) is 12.2 Å². The van der Waals surface area contributed by atoms with Crippen LogP contribution in [0, 0.1) is 5.92 Å². The topological polar surface area (TPSA) is 20.3 Å². The number of hydrogen-bond donors (Lipinski definition) is 0. The number of allylic oxidation sites excluding steroid dienone is 1. The minimum absolute atomic E-state index is 0.216. The smallest absolute Gasteiger partial charge is 0.225 e. The Balaban J connectivity index is 2.40. The summed E-state index contributed by atoms with van der Waals surface area (Å²) >= 11 is 0. The third-order valence-corrected chi connectivity index (χ3v) is 3.19. The van der Waals surface area contributed by atoms with Gasteiger partial charge in [-0.2, -0.15) is 0 Å². The standard InChI is InChI=1S/C13H23NO/c1-4-5-9-14(3)13(15)12-8-6-7-11(2)10-12/h12H,2,4-10H2,1,3H3. The van der Waals surface area contributed by atoms with Crippen LogP contribution in [0.5, 0.6) is 0 Å². The highest BCUT2D eigenvalue weighted by molar-refractivity contribution is 5.79. The molecule has 86 valence electrons. The average Bonchev–Trinajstić information content (AvgIpc) is 2.24. The molecule has 15 heavy (non-hydrogen) atoms. The molecule has 0 radical (unpaired) electrons. The first-order valence-corrected chi connectivity index (χ1v) is 6.06. The zero-order chi connectivity index (χ0) is 11.3. The minimum atomic E-state index is 0.216. The summed E-state index contributed by atoms with van der Waals surface area (Å²) in [6, 6.07) is 0. The summed E-state index contributed by atoms with van der Waals surface area (Å²) in [5, 5.41) is 0. The number of nitrogens with zero attached hydrogens (tertiary/aromatic N) is 1. The van der Waals surface area contributed by atoms with Crippen molar-refractivity contribution in [2.24, 2.45) is 5.92 Å². The summed E-state index contributed by atoms with van der Waals surface area (Å²) < 4.78 is 0. The minimum Gasteiger partial charge on any atom is -0.346 e. The Morgan fingerprint density at radius 3 is 2.93 bits per heavy atom. The van der Waals surface area contributed by atoms with Gasteiger partial charge in [-0.25, -0.2) is 0 Å². The van der Waals surface area contributed by atoms with E-state index in [4.69, 9.17) is 0 Å². The van der Waals surface area contributed by atoms with Gasteiger partial charge in [0.05, 0.1) is 0 Å². The van der Waals surface area contributed by atoms with E-state index in [2.05, 4.69) is 13.5 Å². The lowest BCUT2D eigenvalue weighted by Crippen LogP contribution is -2.34. The van der Waals surface area contributed by atoms with Crippen molar-refractivity contribution in [3.05, 3.63) is 12.2 Å². The van der Waals surface area contributed by atoms with Crippen LogP contribution in [0.3, 0.4) is 0 Å². The molecule has 0 N–H and O–H groups in total. The van der Waals surface area contributed by atoms with E-state index >= 15 is 0 Å². The van der Waals surface area contributed by atoms with E-state index in [-0.39, 0.29) is 5.92 Å². The number of carbonyl (C=O) groups is 1. The number of unbranched alkanes of at least 4 members (excludes halogenated alkanes) is 1. The molecule has 0 aromatic rings. The van der Waals surface area contributed by atoms with E-state index < -0.39 is 0 Å². The quantitative estimate of drug-likeness (QED) is 0.652. The lowest BCUT2D eigenvalue weighted by Gasteiger charge is -2.27. The van der Waals surface area contributed by atoms with Gasteiger partial charge in [0.2, 0.25) is 5.91 Å². The second-order valence-electron chi connectivity index (χ2n) is 4.66. The van der Waals surface area contributed by atoms with Gasteiger partial charge in [0.1, 0.15) is 0 Å². The van der Waals surface area contributed by atoms with E-state index in [0.717, 1.165) is 45.1 Å². The van der Waals surface area contributed by atoms with Crippen LogP contribution >= 0.6 is 0 Å². The molecular weight excluding hydrogens is 186 g/mol. The molecule has 1 aliphatic rings. The monoisotopic (exact) mass is 209 g/mol. The van der Waals surface area contributed by atoms with Gasteiger partial charge in [0, 0.05) is 19.5 Å². The second-order valence-corrected chi connectivity index (χ2v) is 4.66. The molecule has 2 nitrogen and oxygen atoms in total. The summed E-state index contributed by atoms with van der Waals surface area (Å²) in [6.45, 7) is 7.05. The molecule has 1 fully saturated rings. The summed E-state index contributed by atoms with van der Waals surface area (Å²) in [5.41, 5.74) is 1.25. The van der Waals surface area contributed by atoms with Crippen LogP contribution in [-0.4, -0.2) is 24.4 Å². The maximum atomic E-state index is 12.0. The molecule has 0 heterocycles. The maximum absolute atomic E-state index is 12.0. The molecule has 1 unspecified atom stereocenters. The van der Waals surface area contributed by atoms with Crippen molar-refractivity contribution in [2.75, 3.05) is 13.6 Å². The Morgan fingerprint density at radius 2 is 2.33 bits per heavy atom. The van der Waals surface area contributed by atoms with E-state index in [9.17, 15) is 4.79 Å². The first kappa shape index (κ1) is 12.3. The van der Waals surface area contributed by atoms with Crippen molar-refractivity contribution < 1.29 is 4.79 Å². The predicted molar refractivity (Wildman–Crippen MR) is 63.6 cm³/mol. The molecule has 1 amide bonds. The third kappa shape index (κ3) is 3.69. The number of amides is 1. The van der Waals surface area contributed by atoms with Gasteiger partial charge in [0.15, 0.2) is 0 Å². The Kier molecular flexibility index (Phi) is 4.86. The molecule has 2 heteroatoms. The van der Waals surface area contributed by atoms with Crippen molar-refractivity contribution >= 4 is 5.91 Å². The number of carbonyl (C=O) groups excluding carboxylic acids is 1. The zero-order valence-electron chi connectivity index (χ0n) is 10.1. The Hall–Kier alpha value is -0.790. The fourth-order valence-electron chi connectivity index (χ4n) is 2.18. The first-order chi connectivity index (χ1) is 7.15. The molecule has 0 aliphatic heterocycles. The molecule has 0 spiro atoms. The van der Waals surface area contributed by atoms with Crippen LogP contribution in [-0.2, 0) is 4.79 Å². The van der Waals surface area contributed by atoms with Gasteiger partial charge in [-0.05, 0) is 32.1 Å². The summed E-state index contributed by atoms with van der Waals surface area (Å²) in [5.74, 6) is 0.539. The molecule has 0 bridgehead atoms. The highest BCUT2D eigenvalue weighted by atomic mass is 16.2. The normalized spacial score (nSPS) is 21.5. The molecule has 0 aromatic carbocycles. The van der Waals surface area contributed by atoms with E-state index in [1.54, 1.807) is 0 Å². The second kappa shape index (κ2) is 5.94. The lowest BCUT2D eigenvalue weighted by atomic mass is 9.85. The van der Waals surface area contributed by atoms with Crippen molar-refractivity contribution in [1.29, 1.82) is 0 Å². The molecule has 0 aromatic heterocycles. The largest absolute Gasteiger partial charge is 0.346 e. The highest BCUT2D eigenvalue weighted by Crippen LogP contribution is 2.28. The molecule has 1 saturated carbocycles. The fraction of sp³-hybridized carbons (Fsp3) is 0.769. The lowest BCUT2D eigenvalue weighted by molar-refractivity contribution is -0.134. The SMILES string of the molecule is C=C1CCCC(C(=O)N(C)CCCC)C1. The Bertz CT molecular complexity index is 235. The van der Waals surface area contributed by atoms with Gasteiger partial charge in [0.25, 0.3) is 0 Å². The van der Waals surface area contributed by atoms with Gasteiger partial charge in [-0.15, -0.1) is 0 Å². The van der Waals surface area contributed by atoms with E-state index in [1.807, 2.05) is 11.9 Å². The van der Waals surface area contributed by atoms with Crippen LogP contribution in [0.1, 0.15) is 45.4 Å². The van der Waals surface area contributed by atoms with Crippen molar-refractivity contribution in [3.8, 4) is 0 Å². The summed E-state index contributed by atoms with van der Waals surface area (Å²) in [4.78, 5) is 13.9. The fourth-order valence-corrected chi connectivity index (χ4v) is 2.18. The van der Waals surface area contributed by atoms with Crippen LogP contribution in [0.2, 0.25) is 0 Å². The Morgan fingerprint density at radius 1 is 1.60 bits per heavy atom. The molecular formula is C13H23NO. The van der Waals surface area contributed by atoms with Crippen molar-refractivity contribution in [1.82, 2.24) is 4.90 Å². The summed E-state index contributed by atoms with van der Waals surface area (Å²) in [6.07, 6.45) is 6.47. The predicted octanol–water partition coefficient (Wildman–Crippen LogP) is 2.99. The van der Waals surface area contributed by atoms with Gasteiger partial charge < -0.3 is 4.90 Å². The highest BCUT2D eigenvalue weighted by Gasteiger charge is 2.24. The molecule has 1 rings (SSSR count). The first-order valence-electron chi connectivity index (χ1n) is 6.06. The average molecular weight is 209 g/mol. The van der Waals surface area contributed by atoms with E-state index in [1.165, 1.54) is 5.57 Å². The van der Waals surface area contributed by atoms with Gasteiger partial charge in [-0.3, -0.25) is 4.79 Å². The molecule has 1 aliphatic carbocycles. The van der Waals surface area contributed by atoms with E-state index in [0.29, 0.717) is 5.91 Å². The molecule has 0 saturated heterocycles.